The van der Waals surface area contributed by atoms with Crippen LogP contribution in [0.3, 0.4) is 0 Å². The second-order valence-electron chi connectivity index (χ2n) is 12.9. The van der Waals surface area contributed by atoms with Crippen LogP contribution in [0.2, 0.25) is 0 Å². The largest absolute Gasteiger partial charge is 0.506 e. The Hall–Kier alpha value is -4.13. The molecule has 0 bridgehead atoms. The number of carboxylic acids is 1. The minimum Gasteiger partial charge on any atom is -0.506 e. The van der Waals surface area contributed by atoms with Gasteiger partial charge in [-0.25, -0.2) is 0 Å². The zero-order chi connectivity index (χ0) is 34.4. The van der Waals surface area contributed by atoms with E-state index < -0.39 is 11.9 Å². The second kappa shape index (κ2) is 22.4. The van der Waals surface area contributed by atoms with Crippen molar-refractivity contribution in [1.82, 2.24) is 5.32 Å². The van der Waals surface area contributed by atoms with Crippen LogP contribution in [0.1, 0.15) is 126 Å². The fraction of sp³-hybridized carbons (Fsp3) is 0.488. The molecule has 0 heterocycles. The number of fused-ring (bicyclic) bond motifs is 1. The Morgan fingerprint density at radius 2 is 1.38 bits per heavy atom. The Kier molecular flexibility index (Phi) is 17.9. The molecule has 48 heavy (non-hydrogen) atoms. The Morgan fingerprint density at radius 1 is 0.750 bits per heavy atom. The lowest BCUT2D eigenvalue weighted by Crippen LogP contribution is -2.25. The summed E-state index contributed by atoms with van der Waals surface area (Å²) in [6.45, 7) is 2.64. The van der Waals surface area contributed by atoms with Crippen molar-refractivity contribution in [2.75, 3.05) is 11.9 Å². The number of aromatic hydroxyl groups is 1. The number of unbranched alkanes of at least 4 members (excludes halogenated alkanes) is 13. The highest BCUT2D eigenvalue weighted by molar-refractivity contribution is 6.03. The molecule has 0 aliphatic heterocycles. The summed E-state index contributed by atoms with van der Waals surface area (Å²) in [5.41, 5.74) is 1.79. The third-order valence-corrected chi connectivity index (χ3v) is 8.92. The molecule has 0 saturated heterocycles. The van der Waals surface area contributed by atoms with E-state index in [1.165, 1.54) is 77.0 Å². The quantitative estimate of drug-likeness (QED) is 0.0566. The normalized spacial score (nSPS) is 11.9. The molecule has 0 saturated carbocycles. The van der Waals surface area contributed by atoms with Crippen LogP contribution >= 0.6 is 0 Å². The lowest BCUT2D eigenvalue weighted by molar-refractivity contribution is -0.143. The van der Waals surface area contributed by atoms with Gasteiger partial charge in [0.2, 0.25) is 5.91 Å². The molecule has 1 atom stereocenters. The van der Waals surface area contributed by atoms with E-state index in [1.54, 1.807) is 24.3 Å². The maximum Gasteiger partial charge on any atom is 0.307 e. The molecule has 0 aliphatic carbocycles. The highest BCUT2D eigenvalue weighted by atomic mass is 16.4. The number of hydrogen-bond donors (Lipinski definition) is 4. The van der Waals surface area contributed by atoms with Crippen molar-refractivity contribution in [3.05, 3.63) is 83.9 Å². The fourth-order valence-corrected chi connectivity index (χ4v) is 5.97. The molecule has 3 aromatic rings. The first-order valence-corrected chi connectivity index (χ1v) is 18.1. The molecule has 3 rings (SSSR count). The number of amides is 2. The van der Waals surface area contributed by atoms with E-state index in [2.05, 4.69) is 23.6 Å². The molecule has 7 nitrogen and oxygen atoms in total. The van der Waals surface area contributed by atoms with Gasteiger partial charge in [-0.3, -0.25) is 14.4 Å². The number of phenols is 1. The summed E-state index contributed by atoms with van der Waals surface area (Å²) in [5, 5.41) is 27.3. The van der Waals surface area contributed by atoms with E-state index in [9.17, 15) is 24.6 Å². The molecule has 260 valence electrons. The maximum atomic E-state index is 12.7. The van der Waals surface area contributed by atoms with Gasteiger partial charge in [-0.05, 0) is 54.8 Å². The lowest BCUT2D eigenvalue weighted by Gasteiger charge is -2.11. The number of nitrogens with one attached hydrogen (secondary N) is 2. The Bertz CT molecular complexity index is 1430. The molecular weight excluding hydrogens is 600 g/mol. The number of carbonyl (C=O) groups is 3. The van der Waals surface area contributed by atoms with Crippen LogP contribution in [-0.4, -0.2) is 34.5 Å². The Labute approximate surface area is 287 Å². The van der Waals surface area contributed by atoms with E-state index in [4.69, 9.17) is 0 Å². The number of benzene rings is 3. The predicted molar refractivity (Wildman–Crippen MR) is 197 cm³/mol. The molecule has 0 aliphatic rings. The summed E-state index contributed by atoms with van der Waals surface area (Å²) in [7, 11) is 0. The van der Waals surface area contributed by atoms with Gasteiger partial charge in [-0.2, -0.15) is 0 Å². The Morgan fingerprint density at radius 3 is 2.02 bits per heavy atom. The average molecular weight is 657 g/mol. The van der Waals surface area contributed by atoms with Gasteiger partial charge in [0.1, 0.15) is 5.75 Å². The third-order valence-electron chi connectivity index (χ3n) is 8.92. The maximum absolute atomic E-state index is 12.7. The van der Waals surface area contributed by atoms with Crippen molar-refractivity contribution in [3.8, 4) is 5.75 Å². The van der Waals surface area contributed by atoms with Gasteiger partial charge in [0.15, 0.2) is 0 Å². The van der Waals surface area contributed by atoms with Crippen LogP contribution in [0, 0.1) is 5.92 Å². The molecule has 0 spiro atoms. The standard InChI is InChI=1S/C41H56N2O5/c1-2-3-4-5-6-7-8-9-10-11-12-13-14-15-16-17-21-34(41(47)48)31-38(44)43-35-26-23-32(24-27-35)29-30-42-40(46)37-28-25-33-20-18-19-22-36(33)39(37)45/h16-20,22-28,34,45H,2-15,21,29-31H2,1H3,(H,42,46)(H,43,44)(H,47,48)/b17-16+. The number of phenolic OH excluding ortho intramolecular Hbond substituents is 1. The zero-order valence-electron chi connectivity index (χ0n) is 28.9. The molecule has 4 N–H and O–H groups in total. The van der Waals surface area contributed by atoms with Crippen LogP contribution in [0.15, 0.2) is 72.8 Å². The zero-order valence-corrected chi connectivity index (χ0v) is 28.9. The number of rotatable bonds is 24. The summed E-state index contributed by atoms with van der Waals surface area (Å²) in [5.74, 6) is -2.44. The topological polar surface area (TPSA) is 116 Å². The van der Waals surface area contributed by atoms with Crippen molar-refractivity contribution in [2.45, 2.75) is 116 Å². The van der Waals surface area contributed by atoms with Gasteiger partial charge >= 0.3 is 5.97 Å². The average Bonchev–Trinajstić information content (AvgIpc) is 3.08. The van der Waals surface area contributed by atoms with Crippen molar-refractivity contribution in [3.63, 3.8) is 0 Å². The number of allylic oxidation sites excluding steroid dienone is 2. The van der Waals surface area contributed by atoms with Crippen LogP contribution < -0.4 is 10.6 Å². The van der Waals surface area contributed by atoms with E-state index in [0.717, 1.165) is 23.8 Å². The first kappa shape index (κ1) is 38.3. The lowest BCUT2D eigenvalue weighted by atomic mass is 10.00. The van der Waals surface area contributed by atoms with E-state index in [0.29, 0.717) is 30.5 Å². The first-order chi connectivity index (χ1) is 23.4. The van der Waals surface area contributed by atoms with Crippen molar-refractivity contribution in [1.29, 1.82) is 0 Å². The molecule has 1 unspecified atom stereocenters. The number of anilines is 1. The highest BCUT2D eigenvalue weighted by Gasteiger charge is 2.20. The monoisotopic (exact) mass is 656 g/mol. The summed E-state index contributed by atoms with van der Waals surface area (Å²) in [6, 6.07) is 18.1. The molecule has 0 aromatic heterocycles. The molecule has 0 fully saturated rings. The van der Waals surface area contributed by atoms with Crippen LogP contribution in [0.25, 0.3) is 10.8 Å². The van der Waals surface area contributed by atoms with Crippen LogP contribution in [-0.2, 0) is 16.0 Å². The van der Waals surface area contributed by atoms with Gasteiger partial charge in [0.05, 0.1) is 11.5 Å². The summed E-state index contributed by atoms with van der Waals surface area (Å²) in [6.07, 6.45) is 22.9. The van der Waals surface area contributed by atoms with Gasteiger partial charge in [0.25, 0.3) is 5.91 Å². The number of aliphatic carboxylic acids is 1. The minimum absolute atomic E-state index is 0.0307. The molecular formula is C41H56N2O5. The van der Waals surface area contributed by atoms with E-state index >= 15 is 0 Å². The van der Waals surface area contributed by atoms with Gasteiger partial charge in [-0.1, -0.05) is 139 Å². The van der Waals surface area contributed by atoms with Crippen molar-refractivity contribution >= 4 is 34.2 Å². The summed E-state index contributed by atoms with van der Waals surface area (Å²) >= 11 is 0. The predicted octanol–water partition coefficient (Wildman–Crippen LogP) is 9.97. The second-order valence-corrected chi connectivity index (χ2v) is 12.9. The number of carboxylic acid groups (broad SMARTS) is 1. The molecule has 0 radical (unpaired) electrons. The Balaban J connectivity index is 1.27. The van der Waals surface area contributed by atoms with Gasteiger partial charge in [0, 0.05) is 24.0 Å². The smallest absolute Gasteiger partial charge is 0.307 e. The minimum atomic E-state index is -0.967. The van der Waals surface area contributed by atoms with E-state index in [1.807, 2.05) is 42.5 Å². The molecule has 7 heteroatoms. The van der Waals surface area contributed by atoms with E-state index in [-0.39, 0.29) is 29.5 Å². The molecule has 2 amide bonds. The van der Waals surface area contributed by atoms with Crippen LogP contribution in [0.5, 0.6) is 5.75 Å². The highest BCUT2D eigenvalue weighted by Crippen LogP contribution is 2.28. The SMILES string of the molecule is CCCCCCCCCCCCCCC/C=C/CC(CC(=O)Nc1ccc(CCNC(=O)c2ccc3ccccc3c2O)cc1)C(=O)O. The van der Waals surface area contributed by atoms with Crippen LogP contribution in [0.4, 0.5) is 5.69 Å². The number of carbonyl (C=O) groups excluding carboxylic acids is 2. The third kappa shape index (κ3) is 14.3. The number of hydrogen-bond acceptors (Lipinski definition) is 4. The van der Waals surface area contributed by atoms with Gasteiger partial charge in [-0.15, -0.1) is 0 Å². The molecule has 3 aromatic carbocycles. The van der Waals surface area contributed by atoms with Gasteiger partial charge < -0.3 is 20.8 Å². The first-order valence-electron chi connectivity index (χ1n) is 18.1. The summed E-state index contributed by atoms with van der Waals surface area (Å²) in [4.78, 5) is 37.0. The fourth-order valence-electron chi connectivity index (χ4n) is 5.97. The van der Waals surface area contributed by atoms with Crippen molar-refractivity contribution < 1.29 is 24.6 Å². The van der Waals surface area contributed by atoms with Crippen molar-refractivity contribution in [2.24, 2.45) is 5.92 Å². The summed E-state index contributed by atoms with van der Waals surface area (Å²) < 4.78 is 0.